The first-order valence-electron chi connectivity index (χ1n) is 5.97. The van der Waals surface area contributed by atoms with E-state index < -0.39 is 0 Å². The van der Waals surface area contributed by atoms with Crippen LogP contribution < -0.4 is 10.2 Å². The second-order valence-electron chi connectivity index (χ2n) is 4.48. The Hall–Kier alpha value is -1.84. The maximum absolute atomic E-state index is 4.58. The van der Waals surface area contributed by atoms with E-state index >= 15 is 0 Å². The van der Waals surface area contributed by atoms with Crippen LogP contribution in [-0.4, -0.2) is 30.1 Å². The SMILES string of the molecule is CNc1nc(N(C)C2CC2)c2ccccc2n1. The van der Waals surface area contributed by atoms with Crippen molar-refractivity contribution in [3.8, 4) is 0 Å². The van der Waals surface area contributed by atoms with Gasteiger partial charge in [0.2, 0.25) is 5.95 Å². The minimum absolute atomic E-state index is 0.651. The zero-order chi connectivity index (χ0) is 11.8. The van der Waals surface area contributed by atoms with Gasteiger partial charge in [0.1, 0.15) is 5.82 Å². The molecule has 0 atom stereocenters. The predicted molar refractivity (Wildman–Crippen MR) is 70.5 cm³/mol. The summed E-state index contributed by atoms with van der Waals surface area (Å²) in [6.07, 6.45) is 2.54. The maximum Gasteiger partial charge on any atom is 0.224 e. The molecule has 0 radical (unpaired) electrons. The van der Waals surface area contributed by atoms with Gasteiger partial charge in [-0.25, -0.2) is 4.98 Å². The molecule has 2 aromatic rings. The van der Waals surface area contributed by atoms with Crippen LogP contribution in [0.3, 0.4) is 0 Å². The van der Waals surface area contributed by atoms with Gasteiger partial charge in [-0.15, -0.1) is 0 Å². The molecule has 1 heterocycles. The average molecular weight is 228 g/mol. The highest BCUT2D eigenvalue weighted by molar-refractivity contribution is 5.90. The number of fused-ring (bicyclic) bond motifs is 1. The number of nitrogens with one attached hydrogen (secondary N) is 1. The monoisotopic (exact) mass is 228 g/mol. The molecule has 0 amide bonds. The molecule has 0 spiro atoms. The zero-order valence-electron chi connectivity index (χ0n) is 10.1. The molecule has 0 bridgehead atoms. The molecule has 1 aliphatic rings. The number of anilines is 2. The average Bonchev–Trinajstić information content (AvgIpc) is 3.21. The summed E-state index contributed by atoms with van der Waals surface area (Å²) in [5.74, 6) is 1.72. The number of para-hydroxylation sites is 1. The highest BCUT2D eigenvalue weighted by Gasteiger charge is 2.28. The Labute approximate surface area is 101 Å². The van der Waals surface area contributed by atoms with Crippen LogP contribution >= 0.6 is 0 Å². The first kappa shape index (κ1) is 10.3. The number of hydrogen-bond donors (Lipinski definition) is 1. The minimum atomic E-state index is 0.651. The third-order valence-corrected chi connectivity index (χ3v) is 3.24. The fourth-order valence-electron chi connectivity index (χ4n) is 2.08. The number of benzene rings is 1. The van der Waals surface area contributed by atoms with Crippen LogP contribution in [0.25, 0.3) is 10.9 Å². The van der Waals surface area contributed by atoms with E-state index in [0.29, 0.717) is 12.0 Å². The van der Waals surface area contributed by atoms with E-state index in [1.165, 1.54) is 12.8 Å². The lowest BCUT2D eigenvalue weighted by molar-refractivity contribution is 0.895. The van der Waals surface area contributed by atoms with Gasteiger partial charge in [-0.2, -0.15) is 4.98 Å². The third-order valence-electron chi connectivity index (χ3n) is 3.24. The van der Waals surface area contributed by atoms with Crippen molar-refractivity contribution < 1.29 is 0 Å². The lowest BCUT2D eigenvalue weighted by Crippen LogP contribution is -2.21. The van der Waals surface area contributed by atoms with Crippen molar-refractivity contribution >= 4 is 22.7 Å². The normalized spacial score (nSPS) is 14.9. The molecule has 17 heavy (non-hydrogen) atoms. The van der Waals surface area contributed by atoms with E-state index in [0.717, 1.165) is 16.7 Å². The highest BCUT2D eigenvalue weighted by Crippen LogP contribution is 2.33. The van der Waals surface area contributed by atoms with E-state index in [9.17, 15) is 0 Å². The third kappa shape index (κ3) is 1.79. The van der Waals surface area contributed by atoms with Crippen molar-refractivity contribution in [3.05, 3.63) is 24.3 Å². The van der Waals surface area contributed by atoms with Crippen LogP contribution in [0.15, 0.2) is 24.3 Å². The van der Waals surface area contributed by atoms with Gasteiger partial charge in [-0.05, 0) is 25.0 Å². The Morgan fingerprint density at radius 2 is 2.00 bits per heavy atom. The van der Waals surface area contributed by atoms with Gasteiger partial charge in [0.15, 0.2) is 0 Å². The summed E-state index contributed by atoms with van der Waals surface area (Å²) in [5, 5.41) is 4.15. The summed E-state index contributed by atoms with van der Waals surface area (Å²) in [4.78, 5) is 11.3. The van der Waals surface area contributed by atoms with E-state index in [1.807, 2.05) is 25.2 Å². The van der Waals surface area contributed by atoms with Crippen LogP contribution in [0, 0.1) is 0 Å². The first-order valence-corrected chi connectivity index (χ1v) is 5.97. The molecule has 0 aliphatic heterocycles. The molecule has 1 fully saturated rings. The second kappa shape index (κ2) is 3.87. The summed E-state index contributed by atoms with van der Waals surface area (Å²) in [7, 11) is 3.97. The zero-order valence-corrected chi connectivity index (χ0v) is 10.1. The van der Waals surface area contributed by atoms with Gasteiger partial charge in [-0.3, -0.25) is 0 Å². The number of hydrogen-bond acceptors (Lipinski definition) is 4. The smallest absolute Gasteiger partial charge is 0.224 e. The fraction of sp³-hybridized carbons (Fsp3) is 0.385. The Kier molecular flexibility index (Phi) is 2.35. The second-order valence-corrected chi connectivity index (χ2v) is 4.48. The molecule has 1 saturated carbocycles. The molecule has 1 N–H and O–H groups in total. The van der Waals surface area contributed by atoms with Gasteiger partial charge >= 0.3 is 0 Å². The van der Waals surface area contributed by atoms with Gasteiger partial charge in [0.25, 0.3) is 0 Å². The predicted octanol–water partition coefficient (Wildman–Crippen LogP) is 2.27. The Bertz CT molecular complexity index is 548. The van der Waals surface area contributed by atoms with E-state index in [-0.39, 0.29) is 0 Å². The molecule has 0 saturated heterocycles. The lowest BCUT2D eigenvalue weighted by Gasteiger charge is -2.19. The van der Waals surface area contributed by atoms with Crippen molar-refractivity contribution in [2.75, 3.05) is 24.3 Å². The molecular formula is C13H16N4. The van der Waals surface area contributed by atoms with Gasteiger partial charge < -0.3 is 10.2 Å². The molecular weight excluding hydrogens is 212 g/mol. The fourth-order valence-corrected chi connectivity index (χ4v) is 2.08. The van der Waals surface area contributed by atoms with Crippen molar-refractivity contribution in [2.45, 2.75) is 18.9 Å². The Balaban J connectivity index is 2.18. The molecule has 1 aromatic carbocycles. The Morgan fingerprint density at radius 1 is 1.24 bits per heavy atom. The van der Waals surface area contributed by atoms with E-state index in [2.05, 4.69) is 33.3 Å². The Morgan fingerprint density at radius 3 is 2.71 bits per heavy atom. The maximum atomic E-state index is 4.58. The summed E-state index contributed by atoms with van der Waals surface area (Å²) in [6.45, 7) is 0. The molecule has 88 valence electrons. The number of rotatable bonds is 3. The standard InChI is InChI=1S/C13H16N4/c1-14-13-15-11-6-4-3-5-10(11)12(16-13)17(2)9-7-8-9/h3-6,9H,7-8H2,1-2H3,(H,14,15,16). The van der Waals surface area contributed by atoms with Crippen molar-refractivity contribution in [2.24, 2.45) is 0 Å². The van der Waals surface area contributed by atoms with Crippen molar-refractivity contribution in [1.82, 2.24) is 9.97 Å². The molecule has 0 unspecified atom stereocenters. The van der Waals surface area contributed by atoms with E-state index in [1.54, 1.807) is 0 Å². The minimum Gasteiger partial charge on any atom is -0.357 e. The van der Waals surface area contributed by atoms with Crippen LogP contribution in [0.5, 0.6) is 0 Å². The van der Waals surface area contributed by atoms with Gasteiger partial charge in [0.05, 0.1) is 5.52 Å². The van der Waals surface area contributed by atoms with Crippen LogP contribution in [-0.2, 0) is 0 Å². The summed E-state index contributed by atoms with van der Waals surface area (Å²) < 4.78 is 0. The summed E-state index contributed by atoms with van der Waals surface area (Å²) in [5.41, 5.74) is 0.995. The topological polar surface area (TPSA) is 41.1 Å². The quantitative estimate of drug-likeness (QED) is 0.875. The first-order chi connectivity index (χ1) is 8.29. The number of nitrogens with zero attached hydrogens (tertiary/aromatic N) is 3. The largest absolute Gasteiger partial charge is 0.357 e. The molecule has 1 aliphatic carbocycles. The number of aromatic nitrogens is 2. The van der Waals surface area contributed by atoms with Crippen molar-refractivity contribution in [1.29, 1.82) is 0 Å². The van der Waals surface area contributed by atoms with Crippen molar-refractivity contribution in [3.63, 3.8) is 0 Å². The summed E-state index contributed by atoms with van der Waals surface area (Å²) in [6, 6.07) is 8.81. The van der Waals surface area contributed by atoms with Gasteiger partial charge in [0, 0.05) is 25.5 Å². The highest BCUT2D eigenvalue weighted by atomic mass is 15.2. The molecule has 4 nitrogen and oxygen atoms in total. The molecule has 3 rings (SSSR count). The molecule has 1 aromatic heterocycles. The van der Waals surface area contributed by atoms with E-state index in [4.69, 9.17) is 0 Å². The van der Waals surface area contributed by atoms with Crippen LogP contribution in [0.2, 0.25) is 0 Å². The summed E-state index contributed by atoms with van der Waals surface area (Å²) >= 11 is 0. The van der Waals surface area contributed by atoms with Gasteiger partial charge in [-0.1, -0.05) is 12.1 Å². The van der Waals surface area contributed by atoms with Crippen LogP contribution in [0.1, 0.15) is 12.8 Å². The molecule has 4 heteroatoms. The van der Waals surface area contributed by atoms with Crippen LogP contribution in [0.4, 0.5) is 11.8 Å². The lowest BCUT2D eigenvalue weighted by atomic mass is 10.2.